The van der Waals surface area contributed by atoms with Gasteiger partial charge in [0.1, 0.15) is 0 Å². The van der Waals surface area contributed by atoms with E-state index in [0.717, 1.165) is 12.6 Å². The predicted molar refractivity (Wildman–Crippen MR) is 48.5 cm³/mol. The summed E-state index contributed by atoms with van der Waals surface area (Å²) in [4.78, 5) is 2.41. The maximum Gasteiger partial charge on any atom is 0.0139 e. The average molecular weight is 156 g/mol. The highest BCUT2D eigenvalue weighted by Crippen LogP contribution is 2.21. The lowest BCUT2D eigenvalue weighted by atomic mass is 10.2. The molecule has 2 heteroatoms. The molecule has 66 valence electrons. The van der Waals surface area contributed by atoms with Crippen molar-refractivity contribution in [2.24, 2.45) is 5.73 Å². The van der Waals surface area contributed by atoms with Crippen LogP contribution in [0.1, 0.15) is 32.6 Å². The normalized spacial score (nSPS) is 22.9. The van der Waals surface area contributed by atoms with Crippen molar-refractivity contribution in [2.45, 2.75) is 44.7 Å². The molecule has 0 bridgehead atoms. The fourth-order valence-corrected chi connectivity index (χ4v) is 1.95. The Kier molecular flexibility index (Phi) is 3.34. The van der Waals surface area contributed by atoms with Gasteiger partial charge in [-0.05, 0) is 26.8 Å². The molecule has 0 aliphatic heterocycles. The Bertz CT molecular complexity index is 106. The largest absolute Gasteiger partial charge is 0.327 e. The van der Waals surface area contributed by atoms with Crippen LogP contribution in [0.3, 0.4) is 0 Å². The molecule has 2 nitrogen and oxygen atoms in total. The molecule has 1 aliphatic carbocycles. The Morgan fingerprint density at radius 1 is 1.45 bits per heavy atom. The monoisotopic (exact) mass is 156 g/mol. The zero-order valence-electron chi connectivity index (χ0n) is 7.71. The number of likely N-dealkylation sites (N-methyl/N-ethyl adjacent to an activating group) is 1. The van der Waals surface area contributed by atoms with Crippen LogP contribution in [-0.4, -0.2) is 30.6 Å². The number of hydrogen-bond acceptors (Lipinski definition) is 2. The van der Waals surface area contributed by atoms with E-state index in [1.54, 1.807) is 0 Å². The summed E-state index contributed by atoms with van der Waals surface area (Å²) in [6.07, 6.45) is 5.58. The molecular formula is C9H20N2. The van der Waals surface area contributed by atoms with Gasteiger partial charge in [0.2, 0.25) is 0 Å². The molecule has 0 radical (unpaired) electrons. The van der Waals surface area contributed by atoms with Crippen molar-refractivity contribution in [3.8, 4) is 0 Å². The van der Waals surface area contributed by atoms with Gasteiger partial charge < -0.3 is 10.6 Å². The van der Waals surface area contributed by atoms with Crippen LogP contribution in [0.2, 0.25) is 0 Å². The van der Waals surface area contributed by atoms with Crippen molar-refractivity contribution in [3.63, 3.8) is 0 Å². The molecule has 0 heterocycles. The molecule has 11 heavy (non-hydrogen) atoms. The Labute approximate surface area is 69.8 Å². The van der Waals surface area contributed by atoms with Gasteiger partial charge in [-0.25, -0.2) is 0 Å². The fourth-order valence-electron chi connectivity index (χ4n) is 1.95. The molecule has 0 aromatic heterocycles. The fraction of sp³-hybridized carbons (Fsp3) is 1.00. The van der Waals surface area contributed by atoms with E-state index in [4.69, 9.17) is 5.73 Å². The van der Waals surface area contributed by atoms with Crippen LogP contribution >= 0.6 is 0 Å². The van der Waals surface area contributed by atoms with Crippen LogP contribution in [0.25, 0.3) is 0 Å². The Hall–Kier alpha value is -0.0800. The summed E-state index contributed by atoms with van der Waals surface area (Å²) in [5, 5.41) is 0. The highest BCUT2D eigenvalue weighted by molar-refractivity contribution is 4.76. The summed E-state index contributed by atoms with van der Waals surface area (Å²) in [7, 11) is 2.19. The van der Waals surface area contributed by atoms with Gasteiger partial charge in [-0.2, -0.15) is 0 Å². The standard InChI is InChI=1S/C9H20N2/c1-8(10)7-11(2)9-5-3-4-6-9/h8-9H,3-7,10H2,1-2H3/t8-/m1/s1. The zero-order chi connectivity index (χ0) is 8.27. The minimum Gasteiger partial charge on any atom is -0.327 e. The molecular weight excluding hydrogens is 136 g/mol. The molecule has 0 unspecified atom stereocenters. The van der Waals surface area contributed by atoms with E-state index in [1.165, 1.54) is 25.7 Å². The summed E-state index contributed by atoms with van der Waals surface area (Å²) in [6, 6.07) is 1.14. The van der Waals surface area contributed by atoms with Crippen LogP contribution < -0.4 is 5.73 Å². The number of rotatable bonds is 3. The van der Waals surface area contributed by atoms with Gasteiger partial charge in [0, 0.05) is 18.6 Å². The van der Waals surface area contributed by atoms with E-state index < -0.39 is 0 Å². The van der Waals surface area contributed by atoms with Crippen LogP contribution in [0, 0.1) is 0 Å². The second-order valence-corrected chi connectivity index (χ2v) is 3.86. The van der Waals surface area contributed by atoms with Crippen molar-refractivity contribution in [1.29, 1.82) is 0 Å². The first-order valence-electron chi connectivity index (χ1n) is 4.66. The highest BCUT2D eigenvalue weighted by atomic mass is 15.1. The van der Waals surface area contributed by atoms with Gasteiger partial charge in [0.15, 0.2) is 0 Å². The van der Waals surface area contributed by atoms with Crippen molar-refractivity contribution in [1.82, 2.24) is 4.90 Å². The third kappa shape index (κ3) is 2.80. The van der Waals surface area contributed by atoms with Gasteiger partial charge in [0.05, 0.1) is 0 Å². The van der Waals surface area contributed by atoms with Gasteiger partial charge >= 0.3 is 0 Å². The zero-order valence-corrected chi connectivity index (χ0v) is 7.71. The Balaban J connectivity index is 2.22. The third-order valence-corrected chi connectivity index (χ3v) is 2.52. The topological polar surface area (TPSA) is 29.3 Å². The van der Waals surface area contributed by atoms with Crippen molar-refractivity contribution < 1.29 is 0 Å². The van der Waals surface area contributed by atoms with Gasteiger partial charge in [-0.15, -0.1) is 0 Å². The molecule has 1 rings (SSSR count). The number of nitrogens with zero attached hydrogens (tertiary/aromatic N) is 1. The average Bonchev–Trinajstić information content (AvgIpc) is 2.35. The van der Waals surface area contributed by atoms with E-state index >= 15 is 0 Å². The quantitative estimate of drug-likeness (QED) is 0.665. The first kappa shape index (κ1) is 9.01. The Morgan fingerprint density at radius 2 is 2.00 bits per heavy atom. The van der Waals surface area contributed by atoms with E-state index in [1.807, 2.05) is 0 Å². The van der Waals surface area contributed by atoms with Crippen LogP contribution in [0.4, 0.5) is 0 Å². The first-order valence-corrected chi connectivity index (χ1v) is 4.66. The van der Waals surface area contributed by atoms with Gasteiger partial charge in [0.25, 0.3) is 0 Å². The second-order valence-electron chi connectivity index (χ2n) is 3.86. The SMILES string of the molecule is C[C@@H](N)CN(C)C1CCCC1. The van der Waals surface area contributed by atoms with E-state index in [9.17, 15) is 0 Å². The molecule has 0 saturated heterocycles. The van der Waals surface area contributed by atoms with Gasteiger partial charge in [-0.1, -0.05) is 12.8 Å². The minimum absolute atomic E-state index is 0.320. The molecule has 0 amide bonds. The minimum atomic E-state index is 0.320. The maximum atomic E-state index is 5.72. The van der Waals surface area contributed by atoms with Crippen LogP contribution in [-0.2, 0) is 0 Å². The summed E-state index contributed by atoms with van der Waals surface area (Å²) < 4.78 is 0. The lowest BCUT2D eigenvalue weighted by Gasteiger charge is -2.25. The molecule has 1 atom stereocenters. The highest BCUT2D eigenvalue weighted by Gasteiger charge is 2.19. The molecule has 1 aliphatic rings. The van der Waals surface area contributed by atoms with Crippen LogP contribution in [0.5, 0.6) is 0 Å². The lowest BCUT2D eigenvalue weighted by Crippen LogP contribution is -2.38. The second kappa shape index (κ2) is 4.07. The maximum absolute atomic E-state index is 5.72. The first-order chi connectivity index (χ1) is 5.20. The van der Waals surface area contributed by atoms with E-state index in [0.29, 0.717) is 6.04 Å². The van der Waals surface area contributed by atoms with E-state index in [2.05, 4.69) is 18.9 Å². The van der Waals surface area contributed by atoms with E-state index in [-0.39, 0.29) is 0 Å². The van der Waals surface area contributed by atoms with Crippen molar-refractivity contribution in [3.05, 3.63) is 0 Å². The third-order valence-electron chi connectivity index (χ3n) is 2.52. The molecule has 1 saturated carbocycles. The smallest absolute Gasteiger partial charge is 0.0139 e. The number of nitrogens with two attached hydrogens (primary N) is 1. The number of hydrogen-bond donors (Lipinski definition) is 1. The summed E-state index contributed by atoms with van der Waals surface area (Å²) in [6.45, 7) is 3.12. The van der Waals surface area contributed by atoms with Crippen molar-refractivity contribution >= 4 is 0 Å². The summed E-state index contributed by atoms with van der Waals surface area (Å²) >= 11 is 0. The van der Waals surface area contributed by atoms with Gasteiger partial charge in [-0.3, -0.25) is 0 Å². The van der Waals surface area contributed by atoms with Crippen molar-refractivity contribution in [2.75, 3.05) is 13.6 Å². The summed E-state index contributed by atoms with van der Waals surface area (Å²) in [5.74, 6) is 0. The van der Waals surface area contributed by atoms with Crippen LogP contribution in [0.15, 0.2) is 0 Å². The summed E-state index contributed by atoms with van der Waals surface area (Å²) in [5.41, 5.74) is 5.72. The molecule has 2 N–H and O–H groups in total. The predicted octanol–water partition coefficient (Wildman–Crippen LogP) is 1.21. The molecule has 0 aromatic rings. The molecule has 0 spiro atoms. The Morgan fingerprint density at radius 3 is 2.45 bits per heavy atom. The molecule has 0 aromatic carbocycles. The lowest BCUT2D eigenvalue weighted by molar-refractivity contribution is 0.235. The molecule has 1 fully saturated rings.